The Morgan fingerprint density at radius 1 is 1.16 bits per heavy atom. The number of aromatic amines is 1. The minimum atomic E-state index is 0.286. The van der Waals surface area contributed by atoms with Crippen LogP contribution in [0.3, 0.4) is 0 Å². The van der Waals surface area contributed by atoms with Gasteiger partial charge in [-0.2, -0.15) is 0 Å². The fourth-order valence-electron chi connectivity index (χ4n) is 2.48. The molecular weight excluding hydrogens is 236 g/mol. The number of aromatic nitrogens is 1. The maximum Gasteiger partial charge on any atom is 0.116 e. The molecule has 0 bridgehead atoms. The Kier molecular flexibility index (Phi) is 2.67. The molecule has 0 aliphatic carbocycles. The molecule has 0 radical (unpaired) electrons. The molecule has 3 aromatic rings. The first-order chi connectivity index (χ1) is 9.15. The molecule has 0 fully saturated rings. The number of nitrogen functional groups attached to an aromatic ring is 1. The van der Waals surface area contributed by atoms with Crippen LogP contribution in [0.15, 0.2) is 42.5 Å². The third-order valence-electron chi connectivity index (χ3n) is 3.53. The summed E-state index contributed by atoms with van der Waals surface area (Å²) in [5, 5.41) is 10.7. The van der Waals surface area contributed by atoms with Crippen LogP contribution >= 0.6 is 0 Å². The lowest BCUT2D eigenvalue weighted by Crippen LogP contribution is -1.96. The molecule has 1 heterocycles. The molecule has 3 nitrogen and oxygen atoms in total. The molecule has 0 aliphatic heterocycles. The van der Waals surface area contributed by atoms with Crippen molar-refractivity contribution in [2.24, 2.45) is 0 Å². The van der Waals surface area contributed by atoms with Crippen molar-refractivity contribution in [2.45, 2.75) is 13.3 Å². The summed E-state index contributed by atoms with van der Waals surface area (Å²) in [7, 11) is 0. The lowest BCUT2D eigenvalue weighted by molar-refractivity contribution is 0.476. The number of phenols is 1. The van der Waals surface area contributed by atoms with Gasteiger partial charge >= 0.3 is 0 Å². The molecule has 2 aromatic carbocycles. The Morgan fingerprint density at radius 2 is 1.95 bits per heavy atom. The van der Waals surface area contributed by atoms with Gasteiger partial charge in [-0.25, -0.2) is 0 Å². The van der Waals surface area contributed by atoms with Gasteiger partial charge in [0.15, 0.2) is 0 Å². The first-order valence-electron chi connectivity index (χ1n) is 6.28. The number of nitrogens with two attached hydrogens (primary N) is 1. The summed E-state index contributed by atoms with van der Waals surface area (Å²) in [5.41, 5.74) is 11.3. The van der Waals surface area contributed by atoms with Crippen LogP contribution in [0.1, 0.15) is 16.8 Å². The monoisotopic (exact) mass is 252 g/mol. The van der Waals surface area contributed by atoms with E-state index < -0.39 is 0 Å². The zero-order valence-corrected chi connectivity index (χ0v) is 10.8. The van der Waals surface area contributed by atoms with E-state index in [0.29, 0.717) is 0 Å². The summed E-state index contributed by atoms with van der Waals surface area (Å²) in [6, 6.07) is 13.3. The van der Waals surface area contributed by atoms with Gasteiger partial charge in [0.1, 0.15) is 5.75 Å². The predicted octanol–water partition coefficient (Wildman–Crippen LogP) is 3.35. The second-order valence-electron chi connectivity index (χ2n) is 4.83. The predicted molar refractivity (Wildman–Crippen MR) is 78.4 cm³/mol. The second-order valence-corrected chi connectivity index (χ2v) is 4.83. The molecule has 96 valence electrons. The highest BCUT2D eigenvalue weighted by molar-refractivity contribution is 5.86. The van der Waals surface area contributed by atoms with Gasteiger partial charge in [0.25, 0.3) is 0 Å². The van der Waals surface area contributed by atoms with Crippen molar-refractivity contribution in [3.63, 3.8) is 0 Å². The number of fused-ring (bicyclic) bond motifs is 1. The average Bonchev–Trinajstić information content (AvgIpc) is 2.69. The Labute approximate surface area is 111 Å². The Balaban J connectivity index is 2.12. The smallest absolute Gasteiger partial charge is 0.116 e. The van der Waals surface area contributed by atoms with Crippen LogP contribution < -0.4 is 5.73 Å². The number of nitrogens with one attached hydrogen (secondary N) is 1. The third kappa shape index (κ3) is 2.03. The van der Waals surface area contributed by atoms with E-state index in [1.54, 1.807) is 12.1 Å². The van der Waals surface area contributed by atoms with Crippen LogP contribution in [-0.2, 0) is 6.42 Å². The third-order valence-corrected chi connectivity index (χ3v) is 3.53. The number of hydrogen-bond donors (Lipinski definition) is 3. The van der Waals surface area contributed by atoms with Crippen LogP contribution in [0.2, 0.25) is 0 Å². The summed E-state index contributed by atoms with van der Waals surface area (Å²) in [6.07, 6.45) is 0.766. The molecule has 0 saturated carbocycles. The molecule has 1 aromatic heterocycles. The molecule has 0 aliphatic rings. The van der Waals surface area contributed by atoms with Gasteiger partial charge in [-0.3, -0.25) is 0 Å². The van der Waals surface area contributed by atoms with Gasteiger partial charge in [-0.15, -0.1) is 0 Å². The van der Waals surface area contributed by atoms with Gasteiger partial charge < -0.3 is 15.8 Å². The van der Waals surface area contributed by atoms with E-state index in [-0.39, 0.29) is 5.75 Å². The summed E-state index contributed by atoms with van der Waals surface area (Å²) in [5.74, 6) is 0.286. The standard InChI is InChI=1S/C16H16N2O/c1-10-13(8-11-4-2-3-5-15(11)17)14-9-12(19)6-7-16(14)18-10/h2-7,9,18-19H,8,17H2,1H3. The molecule has 19 heavy (non-hydrogen) atoms. The zero-order valence-electron chi connectivity index (χ0n) is 10.8. The number of para-hydroxylation sites is 1. The van der Waals surface area contributed by atoms with E-state index in [2.05, 4.69) is 4.98 Å². The van der Waals surface area contributed by atoms with Crippen molar-refractivity contribution in [1.29, 1.82) is 0 Å². The first kappa shape index (κ1) is 11.7. The minimum absolute atomic E-state index is 0.286. The Hall–Kier alpha value is -2.42. The molecule has 3 rings (SSSR count). The Bertz CT molecular complexity index is 744. The minimum Gasteiger partial charge on any atom is -0.508 e. The number of anilines is 1. The Morgan fingerprint density at radius 3 is 2.74 bits per heavy atom. The number of benzene rings is 2. The van der Waals surface area contributed by atoms with E-state index in [1.807, 2.05) is 37.3 Å². The molecule has 0 unspecified atom stereocenters. The molecule has 0 saturated heterocycles. The van der Waals surface area contributed by atoms with E-state index >= 15 is 0 Å². The van der Waals surface area contributed by atoms with Crippen molar-refractivity contribution in [3.05, 3.63) is 59.3 Å². The fourth-order valence-corrected chi connectivity index (χ4v) is 2.48. The topological polar surface area (TPSA) is 62.0 Å². The lowest BCUT2D eigenvalue weighted by Gasteiger charge is -2.06. The molecule has 0 spiro atoms. The zero-order chi connectivity index (χ0) is 13.4. The number of phenolic OH excluding ortho intramolecular Hbond substituents is 1. The van der Waals surface area contributed by atoms with Crippen molar-refractivity contribution in [1.82, 2.24) is 4.98 Å². The van der Waals surface area contributed by atoms with Gasteiger partial charge in [0.2, 0.25) is 0 Å². The van der Waals surface area contributed by atoms with Crippen molar-refractivity contribution >= 4 is 16.6 Å². The average molecular weight is 252 g/mol. The van der Waals surface area contributed by atoms with Crippen molar-refractivity contribution < 1.29 is 5.11 Å². The summed E-state index contributed by atoms with van der Waals surface area (Å²) < 4.78 is 0. The lowest BCUT2D eigenvalue weighted by atomic mass is 10.0. The maximum atomic E-state index is 9.65. The normalized spacial score (nSPS) is 11.0. The van der Waals surface area contributed by atoms with Crippen molar-refractivity contribution in [2.75, 3.05) is 5.73 Å². The highest BCUT2D eigenvalue weighted by Crippen LogP contribution is 2.28. The van der Waals surface area contributed by atoms with Gasteiger partial charge in [0.05, 0.1) is 0 Å². The first-order valence-corrected chi connectivity index (χ1v) is 6.28. The summed E-state index contributed by atoms with van der Waals surface area (Å²) in [4.78, 5) is 3.34. The van der Waals surface area contributed by atoms with Gasteiger partial charge in [0, 0.05) is 28.7 Å². The largest absolute Gasteiger partial charge is 0.508 e. The van der Waals surface area contributed by atoms with Gasteiger partial charge in [-0.05, 0) is 42.3 Å². The number of aromatic hydroxyl groups is 1. The van der Waals surface area contributed by atoms with Crippen LogP contribution in [0.5, 0.6) is 5.75 Å². The quantitative estimate of drug-likeness (QED) is 0.612. The number of hydrogen-bond acceptors (Lipinski definition) is 2. The summed E-state index contributed by atoms with van der Waals surface area (Å²) >= 11 is 0. The highest BCUT2D eigenvalue weighted by Gasteiger charge is 2.10. The van der Waals surface area contributed by atoms with E-state index in [4.69, 9.17) is 5.73 Å². The maximum absolute atomic E-state index is 9.65. The molecule has 0 amide bonds. The van der Waals surface area contributed by atoms with Crippen molar-refractivity contribution in [3.8, 4) is 5.75 Å². The van der Waals surface area contributed by atoms with Crippen LogP contribution in [0.4, 0.5) is 5.69 Å². The van der Waals surface area contributed by atoms with E-state index in [9.17, 15) is 5.11 Å². The van der Waals surface area contributed by atoms with Crippen LogP contribution in [0, 0.1) is 6.92 Å². The highest BCUT2D eigenvalue weighted by atomic mass is 16.3. The van der Waals surface area contributed by atoms with E-state index in [1.165, 1.54) is 5.56 Å². The molecule has 0 atom stereocenters. The number of H-pyrrole nitrogens is 1. The second kappa shape index (κ2) is 4.35. The number of aryl methyl sites for hydroxylation is 1. The summed E-state index contributed by atoms with van der Waals surface area (Å²) in [6.45, 7) is 2.05. The van der Waals surface area contributed by atoms with E-state index in [0.717, 1.165) is 34.3 Å². The number of rotatable bonds is 2. The van der Waals surface area contributed by atoms with Crippen LogP contribution in [-0.4, -0.2) is 10.1 Å². The van der Waals surface area contributed by atoms with Crippen LogP contribution in [0.25, 0.3) is 10.9 Å². The SMILES string of the molecule is Cc1[nH]c2ccc(O)cc2c1Cc1ccccc1N. The molecule has 4 N–H and O–H groups in total. The molecule has 3 heteroatoms. The molecular formula is C16H16N2O. The van der Waals surface area contributed by atoms with Gasteiger partial charge in [-0.1, -0.05) is 18.2 Å². The fraction of sp³-hybridized carbons (Fsp3) is 0.125.